The van der Waals surface area contributed by atoms with Crippen LogP contribution in [0, 0.1) is 0 Å². The summed E-state index contributed by atoms with van der Waals surface area (Å²) in [5, 5.41) is 5.81. The molecule has 29 heavy (non-hydrogen) atoms. The van der Waals surface area contributed by atoms with Crippen LogP contribution in [0.25, 0.3) is 11.4 Å². The Kier molecular flexibility index (Phi) is 5.07. The van der Waals surface area contributed by atoms with E-state index in [0.29, 0.717) is 11.9 Å². The van der Waals surface area contributed by atoms with Crippen molar-refractivity contribution in [1.82, 2.24) is 25.3 Å². The molecule has 0 aliphatic carbocycles. The third kappa shape index (κ3) is 3.86. The summed E-state index contributed by atoms with van der Waals surface area (Å²) in [7, 11) is 0. The smallest absolute Gasteiger partial charge is 0.352 e. The summed E-state index contributed by atoms with van der Waals surface area (Å²) in [6, 6.07) is 0.311. The van der Waals surface area contributed by atoms with E-state index in [2.05, 4.69) is 42.4 Å². The number of piperazine rings is 1. The van der Waals surface area contributed by atoms with Gasteiger partial charge in [-0.2, -0.15) is 13.2 Å². The van der Waals surface area contributed by atoms with Crippen molar-refractivity contribution in [3.8, 4) is 11.4 Å². The summed E-state index contributed by atoms with van der Waals surface area (Å²) >= 11 is 0. The van der Waals surface area contributed by atoms with Gasteiger partial charge in [-0.25, -0.2) is 15.0 Å². The van der Waals surface area contributed by atoms with E-state index in [9.17, 15) is 18.0 Å². The van der Waals surface area contributed by atoms with Crippen LogP contribution in [0.4, 0.5) is 24.8 Å². The first-order chi connectivity index (χ1) is 13.9. The third-order valence-corrected chi connectivity index (χ3v) is 5.21. The van der Waals surface area contributed by atoms with Crippen molar-refractivity contribution in [1.29, 1.82) is 0 Å². The maximum Gasteiger partial charge on any atom is 0.396 e. The topological polar surface area (TPSA) is 95.9 Å². The van der Waals surface area contributed by atoms with E-state index >= 15 is 0 Å². The minimum absolute atomic E-state index is 0.0360. The van der Waals surface area contributed by atoms with Crippen LogP contribution in [0.2, 0.25) is 0 Å². The lowest BCUT2D eigenvalue weighted by Crippen LogP contribution is -2.50. The summed E-state index contributed by atoms with van der Waals surface area (Å²) < 4.78 is 41.0. The number of anilines is 2. The molecule has 1 amide bonds. The number of carbonyl (C=O) groups excluding carboxylic acids is 1. The summed E-state index contributed by atoms with van der Waals surface area (Å²) in [6.45, 7) is 4.33. The molecule has 0 unspecified atom stereocenters. The zero-order chi connectivity index (χ0) is 20.6. The van der Waals surface area contributed by atoms with Gasteiger partial charge >= 0.3 is 6.18 Å². The molecular formula is C18H20F3N7O. The monoisotopic (exact) mass is 407 g/mol. The molecule has 0 radical (unpaired) electrons. The van der Waals surface area contributed by atoms with E-state index in [1.807, 2.05) is 0 Å². The molecule has 1 saturated heterocycles. The highest BCUT2D eigenvalue weighted by Crippen LogP contribution is 2.45. The second kappa shape index (κ2) is 7.54. The summed E-state index contributed by atoms with van der Waals surface area (Å²) in [4.78, 5) is 30.4. The van der Waals surface area contributed by atoms with Gasteiger partial charge in [-0.05, 0) is 6.42 Å². The molecule has 2 N–H and O–H groups in total. The number of carbonyl (C=O) groups is 1. The molecule has 2 atom stereocenters. The molecule has 2 aliphatic rings. The maximum absolute atomic E-state index is 13.7. The minimum Gasteiger partial charge on any atom is -0.352 e. The zero-order valence-corrected chi connectivity index (χ0v) is 15.7. The molecule has 0 aromatic carbocycles. The lowest BCUT2D eigenvalue weighted by Gasteiger charge is -2.34. The molecule has 1 fully saturated rings. The summed E-state index contributed by atoms with van der Waals surface area (Å²) in [5.41, 5.74) is 0.0878. The van der Waals surface area contributed by atoms with E-state index < -0.39 is 24.4 Å². The molecule has 154 valence electrons. The fraction of sp³-hybridized carbons (Fsp3) is 0.500. The van der Waals surface area contributed by atoms with Crippen molar-refractivity contribution >= 4 is 17.5 Å². The second-order valence-corrected chi connectivity index (χ2v) is 7.10. The average molecular weight is 407 g/mol. The van der Waals surface area contributed by atoms with Crippen LogP contribution < -0.4 is 15.5 Å². The van der Waals surface area contributed by atoms with Gasteiger partial charge in [0.05, 0.1) is 24.0 Å². The number of rotatable bonds is 3. The number of aromatic nitrogens is 4. The molecule has 0 bridgehead atoms. The van der Waals surface area contributed by atoms with Crippen LogP contribution in [-0.2, 0) is 4.79 Å². The van der Waals surface area contributed by atoms with Crippen LogP contribution >= 0.6 is 0 Å². The largest absolute Gasteiger partial charge is 0.396 e. The Morgan fingerprint density at radius 1 is 1.28 bits per heavy atom. The number of alkyl halides is 3. The van der Waals surface area contributed by atoms with Crippen LogP contribution in [-0.4, -0.2) is 57.7 Å². The Hall–Kier alpha value is -2.82. The van der Waals surface area contributed by atoms with Gasteiger partial charge in [0, 0.05) is 37.7 Å². The number of amides is 1. The third-order valence-electron chi connectivity index (χ3n) is 5.21. The van der Waals surface area contributed by atoms with E-state index in [0.717, 1.165) is 32.4 Å². The molecule has 4 rings (SSSR count). The van der Waals surface area contributed by atoms with Crippen molar-refractivity contribution in [3.05, 3.63) is 24.3 Å². The van der Waals surface area contributed by atoms with Crippen molar-refractivity contribution in [2.45, 2.75) is 37.9 Å². The predicted molar refractivity (Wildman–Crippen MR) is 99.4 cm³/mol. The Morgan fingerprint density at radius 3 is 2.86 bits per heavy atom. The molecule has 11 heteroatoms. The number of nitrogens with one attached hydrogen (secondary N) is 2. The van der Waals surface area contributed by atoms with Gasteiger partial charge in [0.15, 0.2) is 0 Å². The number of halogens is 3. The van der Waals surface area contributed by atoms with E-state index in [1.54, 1.807) is 6.20 Å². The fourth-order valence-electron chi connectivity index (χ4n) is 3.71. The summed E-state index contributed by atoms with van der Waals surface area (Å²) in [6.07, 6.45) is -0.257. The Balaban J connectivity index is 1.75. The fourth-order valence-corrected chi connectivity index (χ4v) is 3.71. The van der Waals surface area contributed by atoms with E-state index in [-0.39, 0.29) is 22.8 Å². The summed E-state index contributed by atoms with van der Waals surface area (Å²) in [5.74, 6) is -2.26. The van der Waals surface area contributed by atoms with Crippen molar-refractivity contribution in [2.24, 2.45) is 0 Å². The van der Waals surface area contributed by atoms with Gasteiger partial charge < -0.3 is 15.5 Å². The van der Waals surface area contributed by atoms with Crippen LogP contribution in [0.1, 0.15) is 31.2 Å². The first-order valence-electron chi connectivity index (χ1n) is 9.39. The first-order valence-corrected chi connectivity index (χ1v) is 9.39. The Bertz CT molecular complexity index is 921. The van der Waals surface area contributed by atoms with Crippen LogP contribution in [0.5, 0.6) is 0 Å². The molecule has 4 heterocycles. The van der Waals surface area contributed by atoms with Crippen LogP contribution in [0.15, 0.2) is 18.7 Å². The number of fused-ring (bicyclic) bond motifs is 1. The van der Waals surface area contributed by atoms with Gasteiger partial charge in [-0.15, -0.1) is 0 Å². The molecule has 0 spiro atoms. The lowest BCUT2D eigenvalue weighted by atomic mass is 9.90. The van der Waals surface area contributed by atoms with Gasteiger partial charge in [0.25, 0.3) is 0 Å². The van der Waals surface area contributed by atoms with Crippen molar-refractivity contribution in [3.63, 3.8) is 0 Å². The van der Waals surface area contributed by atoms with Crippen LogP contribution in [0.3, 0.4) is 0 Å². The standard InChI is InChI=1S/C18H20F3N7O/c1-2-10-8-28(4-3-23-10)13-7-22-6-12(26-13)16-15-11(18(19,20)21)5-14(29)27-17(15)25-9-24-16/h6-7,9-11,23H,2-5,8H2,1H3,(H,24,25,27,29)/t10-,11-/m0/s1. The molecular weight excluding hydrogens is 387 g/mol. The molecule has 2 aromatic heterocycles. The molecule has 8 nitrogen and oxygen atoms in total. The van der Waals surface area contributed by atoms with E-state index in [4.69, 9.17) is 0 Å². The minimum atomic E-state index is -4.61. The number of hydrogen-bond acceptors (Lipinski definition) is 7. The SMILES string of the molecule is CC[C@H]1CN(c2cncc(-c3ncnc4c3[C@@H](C(F)(F)F)CC(=O)N4)n2)CCN1. The normalized spacial score (nSPS) is 22.2. The molecule has 0 saturated carbocycles. The quantitative estimate of drug-likeness (QED) is 0.805. The Morgan fingerprint density at radius 2 is 2.10 bits per heavy atom. The van der Waals surface area contributed by atoms with E-state index in [1.165, 1.54) is 6.20 Å². The number of nitrogens with zero attached hydrogens (tertiary/aromatic N) is 5. The Labute approximate surface area is 165 Å². The molecule has 2 aromatic rings. The van der Waals surface area contributed by atoms with Gasteiger partial charge in [0.1, 0.15) is 23.7 Å². The van der Waals surface area contributed by atoms with Gasteiger partial charge in [-0.1, -0.05) is 6.92 Å². The maximum atomic E-state index is 13.7. The van der Waals surface area contributed by atoms with Crippen molar-refractivity contribution < 1.29 is 18.0 Å². The van der Waals surface area contributed by atoms with Gasteiger partial charge in [0.2, 0.25) is 5.91 Å². The highest BCUT2D eigenvalue weighted by atomic mass is 19.4. The van der Waals surface area contributed by atoms with Crippen molar-refractivity contribution in [2.75, 3.05) is 29.9 Å². The first kappa shape index (κ1) is 19.5. The molecule has 2 aliphatic heterocycles. The zero-order valence-electron chi connectivity index (χ0n) is 15.7. The highest BCUT2D eigenvalue weighted by molar-refractivity contribution is 5.95. The average Bonchev–Trinajstić information content (AvgIpc) is 2.72. The predicted octanol–water partition coefficient (Wildman–Crippen LogP) is 2.11. The number of hydrogen-bond donors (Lipinski definition) is 2. The van der Waals surface area contributed by atoms with Gasteiger partial charge in [-0.3, -0.25) is 9.78 Å². The highest BCUT2D eigenvalue weighted by Gasteiger charge is 2.47. The lowest BCUT2D eigenvalue weighted by molar-refractivity contribution is -0.156. The second-order valence-electron chi connectivity index (χ2n) is 7.10.